The average Bonchev–Trinajstić information content (AvgIpc) is 2.62. The molecule has 134 valence electrons. The van der Waals surface area contributed by atoms with Crippen molar-refractivity contribution < 1.29 is 19.0 Å². The van der Waals surface area contributed by atoms with Gasteiger partial charge in [0.25, 0.3) is 0 Å². The number of hydrogen-bond acceptors (Lipinski definition) is 4. The third-order valence-corrected chi connectivity index (χ3v) is 4.47. The average molecular weight is 408 g/mol. The highest BCUT2D eigenvalue weighted by Crippen LogP contribution is 2.37. The van der Waals surface area contributed by atoms with Crippen LogP contribution in [0.4, 0.5) is 0 Å². The quantitative estimate of drug-likeness (QED) is 0.721. The van der Waals surface area contributed by atoms with Gasteiger partial charge < -0.3 is 19.5 Å². The molecule has 0 aliphatic rings. The summed E-state index contributed by atoms with van der Waals surface area (Å²) in [7, 11) is 3.17. The van der Waals surface area contributed by atoms with Crippen molar-refractivity contribution in [3.05, 3.63) is 58.1 Å². The molecular formula is C19H22BrNO4. The SMILES string of the molecule is COc1cc(C(C)NC(=O)COCc2ccccc2)cc(OC)c1Br. The van der Waals surface area contributed by atoms with E-state index in [0.29, 0.717) is 18.1 Å². The van der Waals surface area contributed by atoms with Crippen molar-refractivity contribution in [2.45, 2.75) is 19.6 Å². The molecule has 0 saturated carbocycles. The molecule has 1 amide bonds. The molecule has 1 unspecified atom stereocenters. The van der Waals surface area contributed by atoms with Crippen molar-refractivity contribution in [2.24, 2.45) is 0 Å². The molecule has 1 N–H and O–H groups in total. The fraction of sp³-hybridized carbons (Fsp3) is 0.316. The second-order valence-electron chi connectivity index (χ2n) is 5.51. The van der Waals surface area contributed by atoms with Gasteiger partial charge in [-0.05, 0) is 46.1 Å². The molecule has 2 aromatic rings. The van der Waals surface area contributed by atoms with Gasteiger partial charge in [0.2, 0.25) is 5.91 Å². The van der Waals surface area contributed by atoms with Gasteiger partial charge in [0.05, 0.1) is 26.9 Å². The summed E-state index contributed by atoms with van der Waals surface area (Å²) in [6, 6.07) is 13.3. The summed E-state index contributed by atoms with van der Waals surface area (Å²) in [6.07, 6.45) is 0. The molecular weight excluding hydrogens is 386 g/mol. The van der Waals surface area contributed by atoms with Crippen molar-refractivity contribution >= 4 is 21.8 Å². The van der Waals surface area contributed by atoms with Crippen molar-refractivity contribution in [1.29, 1.82) is 0 Å². The Bertz CT molecular complexity index is 681. The number of nitrogens with one attached hydrogen (secondary N) is 1. The lowest BCUT2D eigenvalue weighted by molar-refractivity contribution is -0.126. The first-order valence-corrected chi connectivity index (χ1v) is 8.67. The largest absolute Gasteiger partial charge is 0.495 e. The Kier molecular flexibility index (Phi) is 7.28. The predicted molar refractivity (Wildman–Crippen MR) is 99.9 cm³/mol. The minimum atomic E-state index is -0.205. The zero-order chi connectivity index (χ0) is 18.2. The number of carbonyl (C=O) groups excluding carboxylic acids is 1. The number of carbonyl (C=O) groups is 1. The summed E-state index contributed by atoms with van der Waals surface area (Å²) in [4.78, 5) is 12.1. The second kappa shape index (κ2) is 9.44. The van der Waals surface area contributed by atoms with Gasteiger partial charge in [0, 0.05) is 0 Å². The van der Waals surface area contributed by atoms with E-state index >= 15 is 0 Å². The maximum Gasteiger partial charge on any atom is 0.246 e. The first kappa shape index (κ1) is 19.3. The lowest BCUT2D eigenvalue weighted by atomic mass is 10.1. The van der Waals surface area contributed by atoms with Gasteiger partial charge in [-0.25, -0.2) is 0 Å². The number of ether oxygens (including phenoxy) is 3. The number of rotatable bonds is 8. The van der Waals surface area contributed by atoms with Crippen LogP contribution in [-0.4, -0.2) is 26.7 Å². The number of methoxy groups -OCH3 is 2. The summed E-state index contributed by atoms with van der Waals surface area (Å²) in [5.41, 5.74) is 1.92. The van der Waals surface area contributed by atoms with E-state index in [1.165, 1.54) is 0 Å². The van der Waals surface area contributed by atoms with E-state index in [-0.39, 0.29) is 18.6 Å². The first-order chi connectivity index (χ1) is 12.0. The summed E-state index contributed by atoms with van der Waals surface area (Å²) >= 11 is 3.43. The molecule has 6 heteroatoms. The van der Waals surface area contributed by atoms with Crippen LogP contribution in [0.2, 0.25) is 0 Å². The minimum absolute atomic E-state index is 0.00400. The van der Waals surface area contributed by atoms with Gasteiger partial charge in [-0.2, -0.15) is 0 Å². The zero-order valence-corrected chi connectivity index (χ0v) is 16.1. The van der Waals surface area contributed by atoms with Gasteiger partial charge in [-0.15, -0.1) is 0 Å². The van der Waals surface area contributed by atoms with Crippen LogP contribution in [0.25, 0.3) is 0 Å². The number of amides is 1. The fourth-order valence-corrected chi connectivity index (χ4v) is 2.89. The summed E-state index contributed by atoms with van der Waals surface area (Å²) in [5.74, 6) is 1.12. The number of hydrogen-bond donors (Lipinski definition) is 1. The predicted octanol–water partition coefficient (Wildman–Crippen LogP) is 3.86. The van der Waals surface area contributed by atoms with Crippen molar-refractivity contribution in [3.8, 4) is 11.5 Å². The van der Waals surface area contributed by atoms with Crippen LogP contribution >= 0.6 is 15.9 Å². The van der Waals surface area contributed by atoms with Crippen LogP contribution in [0.1, 0.15) is 24.1 Å². The van der Waals surface area contributed by atoms with E-state index in [4.69, 9.17) is 14.2 Å². The molecule has 0 bridgehead atoms. The van der Waals surface area contributed by atoms with Crippen LogP contribution in [0.3, 0.4) is 0 Å². The Balaban J connectivity index is 1.92. The van der Waals surface area contributed by atoms with E-state index in [9.17, 15) is 4.79 Å². The molecule has 0 aliphatic carbocycles. The molecule has 0 saturated heterocycles. The van der Waals surface area contributed by atoms with Crippen LogP contribution in [0.15, 0.2) is 46.9 Å². The summed E-state index contributed by atoms with van der Waals surface area (Å²) < 4.78 is 16.9. The van der Waals surface area contributed by atoms with Crippen molar-refractivity contribution in [3.63, 3.8) is 0 Å². The lowest BCUT2D eigenvalue weighted by Crippen LogP contribution is -2.30. The molecule has 2 aromatic carbocycles. The molecule has 5 nitrogen and oxygen atoms in total. The molecule has 0 spiro atoms. The third-order valence-electron chi connectivity index (χ3n) is 3.69. The molecule has 0 aromatic heterocycles. The van der Waals surface area contributed by atoms with E-state index in [1.54, 1.807) is 14.2 Å². The Morgan fingerprint density at radius 2 is 1.72 bits per heavy atom. The molecule has 0 radical (unpaired) electrons. The fourth-order valence-electron chi connectivity index (χ4n) is 2.34. The second-order valence-corrected chi connectivity index (χ2v) is 6.30. The van der Waals surface area contributed by atoms with Crippen molar-refractivity contribution in [1.82, 2.24) is 5.32 Å². The van der Waals surface area contributed by atoms with E-state index < -0.39 is 0 Å². The minimum Gasteiger partial charge on any atom is -0.495 e. The number of benzene rings is 2. The highest BCUT2D eigenvalue weighted by Gasteiger charge is 2.15. The maximum atomic E-state index is 12.1. The molecule has 25 heavy (non-hydrogen) atoms. The highest BCUT2D eigenvalue weighted by molar-refractivity contribution is 9.10. The van der Waals surface area contributed by atoms with E-state index in [0.717, 1.165) is 15.6 Å². The Hall–Kier alpha value is -2.05. The highest BCUT2D eigenvalue weighted by atomic mass is 79.9. The Morgan fingerprint density at radius 1 is 1.12 bits per heavy atom. The molecule has 2 rings (SSSR count). The molecule has 0 fully saturated rings. The van der Waals surface area contributed by atoms with Gasteiger partial charge in [0.15, 0.2) is 0 Å². The third kappa shape index (κ3) is 5.47. The molecule has 0 heterocycles. The van der Waals surface area contributed by atoms with Crippen LogP contribution in [0, 0.1) is 0 Å². The topological polar surface area (TPSA) is 56.8 Å². The van der Waals surface area contributed by atoms with Gasteiger partial charge in [0.1, 0.15) is 22.6 Å². The zero-order valence-electron chi connectivity index (χ0n) is 14.5. The monoisotopic (exact) mass is 407 g/mol. The number of halogens is 1. The Labute approximate surface area is 156 Å². The van der Waals surface area contributed by atoms with Gasteiger partial charge in [-0.3, -0.25) is 4.79 Å². The molecule has 0 aliphatic heterocycles. The first-order valence-electron chi connectivity index (χ1n) is 7.87. The summed E-state index contributed by atoms with van der Waals surface area (Å²) in [6.45, 7) is 2.31. The molecule has 1 atom stereocenters. The normalized spacial score (nSPS) is 11.7. The maximum absolute atomic E-state index is 12.1. The lowest BCUT2D eigenvalue weighted by Gasteiger charge is -2.18. The smallest absolute Gasteiger partial charge is 0.246 e. The van der Waals surface area contributed by atoms with Crippen LogP contribution in [0.5, 0.6) is 11.5 Å². The summed E-state index contributed by atoms with van der Waals surface area (Å²) in [5, 5.41) is 2.91. The van der Waals surface area contributed by atoms with Gasteiger partial charge in [-0.1, -0.05) is 30.3 Å². The van der Waals surface area contributed by atoms with Crippen LogP contribution in [-0.2, 0) is 16.1 Å². The van der Waals surface area contributed by atoms with E-state index in [2.05, 4.69) is 21.2 Å². The standard InChI is InChI=1S/C19H22BrNO4/c1-13(15-9-16(23-2)19(20)17(10-15)24-3)21-18(22)12-25-11-14-7-5-4-6-8-14/h4-10,13H,11-12H2,1-3H3,(H,21,22). The van der Waals surface area contributed by atoms with Crippen LogP contribution < -0.4 is 14.8 Å². The van der Waals surface area contributed by atoms with Gasteiger partial charge >= 0.3 is 0 Å². The Morgan fingerprint density at radius 3 is 2.28 bits per heavy atom. The van der Waals surface area contributed by atoms with E-state index in [1.807, 2.05) is 49.4 Å². The van der Waals surface area contributed by atoms with Crippen molar-refractivity contribution in [2.75, 3.05) is 20.8 Å².